The topological polar surface area (TPSA) is 57.7 Å². The third kappa shape index (κ3) is 5.69. The lowest BCUT2D eigenvalue weighted by Crippen LogP contribution is -2.42. The number of hydrogen-bond donors (Lipinski definition) is 1. The normalized spacial score (nSPS) is 23.3. The van der Waals surface area contributed by atoms with Crippen molar-refractivity contribution in [3.63, 3.8) is 0 Å². The molecule has 7 heteroatoms. The van der Waals surface area contributed by atoms with Crippen molar-refractivity contribution in [3.05, 3.63) is 18.2 Å². The van der Waals surface area contributed by atoms with E-state index in [2.05, 4.69) is 29.0 Å². The van der Waals surface area contributed by atoms with Crippen LogP contribution in [-0.2, 0) is 4.79 Å². The molecule has 1 aromatic carbocycles. The number of benzene rings is 1. The highest BCUT2D eigenvalue weighted by Crippen LogP contribution is 2.33. The average molecular weight is 445 g/mol. The van der Waals surface area contributed by atoms with Crippen LogP contribution in [0.2, 0.25) is 0 Å². The van der Waals surface area contributed by atoms with E-state index in [0.29, 0.717) is 0 Å². The molecule has 2 atom stereocenters. The molecule has 2 fully saturated rings. The van der Waals surface area contributed by atoms with Gasteiger partial charge in [0.25, 0.3) is 0 Å². The van der Waals surface area contributed by atoms with Gasteiger partial charge in [0.05, 0.1) is 17.3 Å². The zero-order valence-electron chi connectivity index (χ0n) is 19.1. The highest BCUT2D eigenvalue weighted by Gasteiger charge is 2.26. The number of nitrogens with one attached hydrogen (secondary N) is 1. The van der Waals surface area contributed by atoms with Crippen molar-refractivity contribution in [1.82, 2.24) is 15.2 Å². The summed E-state index contributed by atoms with van der Waals surface area (Å²) in [5, 5.41) is 4.24. The maximum atomic E-state index is 12.6. The summed E-state index contributed by atoms with van der Waals surface area (Å²) in [6, 6.07) is 6.01. The number of hydrogen-bond acceptors (Lipinski definition) is 6. The summed E-state index contributed by atoms with van der Waals surface area (Å²) in [5.41, 5.74) is 1.01. The standard InChI is InChI=1S/C24H36N4O2S/c1-17-13-18(2)16-27(15-17)10-4-9-25-23(29)19-7-11-28(12-8-19)24-26-21-6-5-20(30-3)14-22(21)31-24/h5-6,14,17-19H,4,7-13,15-16H2,1-3H3,(H,25,29)/t17-,18-/m1/s1. The van der Waals surface area contributed by atoms with E-state index in [0.717, 1.165) is 78.4 Å². The largest absolute Gasteiger partial charge is 0.497 e. The van der Waals surface area contributed by atoms with Crippen molar-refractivity contribution in [3.8, 4) is 5.75 Å². The van der Waals surface area contributed by atoms with Gasteiger partial charge in [-0.3, -0.25) is 4.79 Å². The molecule has 0 bridgehead atoms. The number of carbonyl (C=O) groups excluding carboxylic acids is 1. The first-order valence-corrected chi connectivity index (χ1v) is 12.5. The van der Waals surface area contributed by atoms with E-state index < -0.39 is 0 Å². The molecule has 0 aliphatic carbocycles. The van der Waals surface area contributed by atoms with E-state index in [1.54, 1.807) is 18.4 Å². The maximum Gasteiger partial charge on any atom is 0.223 e. The van der Waals surface area contributed by atoms with Gasteiger partial charge in [0, 0.05) is 38.6 Å². The number of carbonyl (C=O) groups is 1. The molecule has 0 unspecified atom stereocenters. The molecule has 2 aromatic rings. The van der Waals surface area contributed by atoms with Gasteiger partial charge in [-0.1, -0.05) is 25.2 Å². The van der Waals surface area contributed by atoms with Crippen LogP contribution in [0.1, 0.15) is 39.5 Å². The van der Waals surface area contributed by atoms with Crippen molar-refractivity contribution in [2.75, 3.05) is 51.3 Å². The van der Waals surface area contributed by atoms with Crippen molar-refractivity contribution in [2.45, 2.75) is 39.5 Å². The fraction of sp³-hybridized carbons (Fsp3) is 0.667. The molecule has 2 aliphatic heterocycles. The van der Waals surface area contributed by atoms with Crippen molar-refractivity contribution < 1.29 is 9.53 Å². The molecule has 31 heavy (non-hydrogen) atoms. The second-order valence-electron chi connectivity index (χ2n) is 9.44. The summed E-state index contributed by atoms with van der Waals surface area (Å²) in [5.74, 6) is 2.80. The molecule has 2 saturated heterocycles. The second kappa shape index (κ2) is 10.2. The van der Waals surface area contributed by atoms with Crippen LogP contribution in [-0.4, -0.2) is 62.2 Å². The number of likely N-dealkylation sites (tertiary alicyclic amines) is 1. The Morgan fingerprint density at radius 1 is 1.23 bits per heavy atom. The van der Waals surface area contributed by atoms with Gasteiger partial charge in [-0.05, 0) is 62.3 Å². The number of methoxy groups -OCH3 is 1. The van der Waals surface area contributed by atoms with Crippen LogP contribution in [0.4, 0.5) is 5.13 Å². The quantitative estimate of drug-likeness (QED) is 0.654. The lowest BCUT2D eigenvalue weighted by molar-refractivity contribution is -0.125. The van der Waals surface area contributed by atoms with Gasteiger partial charge in [0.15, 0.2) is 5.13 Å². The Morgan fingerprint density at radius 3 is 2.68 bits per heavy atom. The first-order chi connectivity index (χ1) is 15.0. The number of nitrogens with zero attached hydrogens (tertiary/aromatic N) is 3. The summed E-state index contributed by atoms with van der Waals surface area (Å²) in [6.45, 7) is 10.8. The SMILES string of the molecule is COc1ccc2nc(N3CCC(C(=O)NCCCN4C[C@H](C)C[C@@H](C)C4)CC3)sc2c1. The fourth-order valence-electron chi connectivity index (χ4n) is 5.12. The predicted molar refractivity (Wildman–Crippen MR) is 128 cm³/mol. The smallest absolute Gasteiger partial charge is 0.223 e. The first-order valence-electron chi connectivity index (χ1n) is 11.7. The first kappa shape index (κ1) is 22.3. The Balaban J connectivity index is 1.19. The number of rotatable bonds is 7. The monoisotopic (exact) mass is 444 g/mol. The van der Waals surface area contributed by atoms with Crippen LogP contribution < -0.4 is 15.0 Å². The Kier molecular flexibility index (Phi) is 7.33. The third-order valence-corrected chi connectivity index (χ3v) is 7.69. The van der Waals surface area contributed by atoms with Gasteiger partial charge in [0.2, 0.25) is 5.91 Å². The van der Waals surface area contributed by atoms with E-state index in [1.165, 1.54) is 19.5 Å². The minimum absolute atomic E-state index is 0.126. The predicted octanol–water partition coefficient (Wildman–Crippen LogP) is 4.01. The summed E-state index contributed by atoms with van der Waals surface area (Å²) in [4.78, 5) is 22.3. The van der Waals surface area contributed by atoms with Gasteiger partial charge in [0.1, 0.15) is 5.75 Å². The molecule has 2 aliphatic rings. The van der Waals surface area contributed by atoms with E-state index in [1.807, 2.05) is 18.2 Å². The zero-order valence-corrected chi connectivity index (χ0v) is 19.9. The molecule has 0 radical (unpaired) electrons. The molecule has 0 spiro atoms. The van der Waals surface area contributed by atoms with E-state index in [9.17, 15) is 4.79 Å². The van der Waals surface area contributed by atoms with Crippen molar-refractivity contribution in [2.24, 2.45) is 17.8 Å². The lowest BCUT2D eigenvalue weighted by Gasteiger charge is -2.35. The third-order valence-electron chi connectivity index (χ3n) is 6.62. The van der Waals surface area contributed by atoms with Crippen molar-refractivity contribution in [1.29, 1.82) is 0 Å². The highest BCUT2D eigenvalue weighted by molar-refractivity contribution is 7.22. The van der Waals surface area contributed by atoms with E-state index in [4.69, 9.17) is 9.72 Å². The Morgan fingerprint density at radius 2 is 1.97 bits per heavy atom. The number of ether oxygens (including phenoxy) is 1. The Hall–Kier alpha value is -1.86. The lowest BCUT2D eigenvalue weighted by atomic mass is 9.92. The van der Waals surface area contributed by atoms with E-state index in [-0.39, 0.29) is 11.8 Å². The van der Waals surface area contributed by atoms with Gasteiger partial charge in [-0.25, -0.2) is 4.98 Å². The van der Waals surface area contributed by atoms with Crippen LogP contribution in [0.5, 0.6) is 5.75 Å². The van der Waals surface area contributed by atoms with Gasteiger partial charge in [-0.15, -0.1) is 0 Å². The molecular formula is C24H36N4O2S. The number of aromatic nitrogens is 1. The molecule has 4 rings (SSSR count). The number of piperidine rings is 2. The summed E-state index contributed by atoms with van der Waals surface area (Å²) < 4.78 is 6.46. The van der Waals surface area contributed by atoms with Gasteiger partial charge < -0.3 is 19.9 Å². The highest BCUT2D eigenvalue weighted by atomic mass is 32.1. The molecule has 1 aromatic heterocycles. The van der Waals surface area contributed by atoms with Crippen LogP contribution in [0.3, 0.4) is 0 Å². The fourth-order valence-corrected chi connectivity index (χ4v) is 6.17. The summed E-state index contributed by atoms with van der Waals surface area (Å²) >= 11 is 1.70. The van der Waals surface area contributed by atoms with Crippen LogP contribution >= 0.6 is 11.3 Å². The molecule has 1 N–H and O–H groups in total. The second-order valence-corrected chi connectivity index (χ2v) is 10.5. The Labute approximate surface area is 190 Å². The number of thiazole rings is 1. The van der Waals surface area contributed by atoms with E-state index >= 15 is 0 Å². The minimum atomic E-state index is 0.126. The average Bonchev–Trinajstić information content (AvgIpc) is 3.19. The van der Waals surface area contributed by atoms with Gasteiger partial charge in [-0.2, -0.15) is 0 Å². The molecular weight excluding hydrogens is 408 g/mol. The molecule has 0 saturated carbocycles. The summed E-state index contributed by atoms with van der Waals surface area (Å²) in [7, 11) is 1.69. The van der Waals surface area contributed by atoms with Crippen LogP contribution in [0, 0.1) is 17.8 Å². The number of anilines is 1. The minimum Gasteiger partial charge on any atom is -0.497 e. The number of amides is 1. The Bertz CT molecular complexity index is 868. The molecule has 170 valence electrons. The maximum absolute atomic E-state index is 12.6. The van der Waals surface area contributed by atoms with Gasteiger partial charge >= 0.3 is 0 Å². The molecule has 1 amide bonds. The summed E-state index contributed by atoms with van der Waals surface area (Å²) in [6.07, 6.45) is 4.18. The molecule has 3 heterocycles. The number of fused-ring (bicyclic) bond motifs is 1. The molecule has 6 nitrogen and oxygen atoms in total. The van der Waals surface area contributed by atoms with Crippen LogP contribution in [0.15, 0.2) is 18.2 Å². The van der Waals surface area contributed by atoms with Crippen molar-refractivity contribution >= 4 is 32.6 Å². The zero-order chi connectivity index (χ0) is 21.8. The van der Waals surface area contributed by atoms with Crippen LogP contribution in [0.25, 0.3) is 10.2 Å².